The molecule has 0 saturated carbocycles. The minimum atomic E-state index is -1.74. The van der Waals surface area contributed by atoms with E-state index in [4.69, 9.17) is 18.9 Å². The molecule has 10 atom stereocenters. The topological polar surface area (TPSA) is 236 Å². The predicted octanol–water partition coefficient (Wildman–Crippen LogP) is -2.26. The first-order valence-corrected chi connectivity index (χ1v) is 13.4. The van der Waals surface area contributed by atoms with Crippen molar-refractivity contribution in [2.75, 3.05) is 13.2 Å². The van der Waals surface area contributed by atoms with E-state index < -0.39 is 80.4 Å². The minimum absolute atomic E-state index is 0.0205. The Morgan fingerprint density at radius 3 is 1.64 bits per heavy atom. The highest BCUT2D eigenvalue weighted by Gasteiger charge is 2.46. The Labute approximate surface area is 240 Å². The lowest BCUT2D eigenvalue weighted by Gasteiger charge is -2.40. The lowest BCUT2D eigenvalue weighted by Crippen LogP contribution is -2.60. The van der Waals surface area contributed by atoms with Gasteiger partial charge in [0, 0.05) is 5.56 Å². The molecule has 2 aliphatic rings. The monoisotopic (exact) mass is 596 g/mol. The highest BCUT2D eigenvalue weighted by atomic mass is 16.7. The van der Waals surface area contributed by atoms with E-state index in [2.05, 4.69) is 0 Å². The number of aryl methyl sites for hydroxylation is 1. The number of ether oxygens (including phenoxy) is 4. The van der Waals surface area contributed by atoms with Gasteiger partial charge >= 0.3 is 0 Å². The maximum Gasteiger partial charge on any atom is 0.229 e. The Bertz CT molecular complexity index is 1200. The summed E-state index contributed by atoms with van der Waals surface area (Å²) in [6.07, 6.45) is -15.3. The molecule has 14 nitrogen and oxygen atoms in total. The van der Waals surface area contributed by atoms with Gasteiger partial charge in [-0.3, -0.25) is 4.79 Å². The van der Waals surface area contributed by atoms with Gasteiger partial charge in [0.2, 0.25) is 12.6 Å². The van der Waals surface area contributed by atoms with Crippen molar-refractivity contribution in [3.05, 3.63) is 53.1 Å². The van der Waals surface area contributed by atoms with Gasteiger partial charge in [-0.05, 0) is 49.6 Å². The molecule has 232 valence electrons. The molecule has 2 fully saturated rings. The van der Waals surface area contributed by atoms with Crippen LogP contribution in [0.2, 0.25) is 0 Å². The van der Waals surface area contributed by atoms with Crippen LogP contribution < -0.4 is 9.47 Å². The fourth-order valence-corrected chi connectivity index (χ4v) is 4.96. The molecule has 4 rings (SSSR count). The molecule has 0 aliphatic carbocycles. The molecule has 0 bridgehead atoms. The lowest BCUT2D eigenvalue weighted by atomic mass is 9.95. The van der Waals surface area contributed by atoms with Crippen molar-refractivity contribution < 1.29 is 69.7 Å². The van der Waals surface area contributed by atoms with Crippen LogP contribution >= 0.6 is 0 Å². The first-order valence-electron chi connectivity index (χ1n) is 13.4. The van der Waals surface area contributed by atoms with Gasteiger partial charge in [0.05, 0.1) is 18.8 Å². The summed E-state index contributed by atoms with van der Waals surface area (Å²) in [5.41, 5.74) is 1.02. The van der Waals surface area contributed by atoms with Crippen LogP contribution in [0.15, 0.2) is 36.4 Å². The minimum Gasteiger partial charge on any atom is -0.508 e. The summed E-state index contributed by atoms with van der Waals surface area (Å²) in [4.78, 5) is 13.0. The molecule has 9 N–H and O–H groups in total. The SMILES string of the molecule is CC(=O)c1c(O[C@@H]2O[C@H](CO)[C@@H](O)[C@@H](O)[C@H]2O)ccc(O[C@@H]2O[C@H](CO)[C@@H](O)[C@@H](O)[C@H]2O)c1CCc1ccc(O)cc1. The average Bonchev–Trinajstić information content (AvgIpc) is 2.97. The molecule has 42 heavy (non-hydrogen) atoms. The Kier molecular flexibility index (Phi) is 10.4. The number of hydrogen-bond acceptors (Lipinski definition) is 14. The zero-order valence-corrected chi connectivity index (χ0v) is 22.6. The molecule has 0 spiro atoms. The summed E-state index contributed by atoms with van der Waals surface area (Å²) in [6.45, 7) is -0.117. The number of hydrogen-bond donors (Lipinski definition) is 9. The zero-order chi connectivity index (χ0) is 30.7. The standard InChI is InChI=1S/C28H36O14/c1-12(31)20-15(7-4-13-2-5-14(32)6-3-13)16(39-27-25(37)23(35)21(33)18(10-29)41-27)8-9-17(20)40-28-26(38)24(36)22(34)19(11-30)42-28/h2-3,5-6,8-9,18-19,21-30,32-38H,4,7,10-11H2,1H3/t18-,19-,21-,22-,23-,24-,25-,26-,27-,28-/m1/s1. The van der Waals surface area contributed by atoms with Crippen molar-refractivity contribution in [1.29, 1.82) is 0 Å². The molecule has 2 aromatic rings. The smallest absolute Gasteiger partial charge is 0.229 e. The Morgan fingerprint density at radius 2 is 1.17 bits per heavy atom. The molecule has 2 heterocycles. The second-order valence-corrected chi connectivity index (χ2v) is 10.3. The quantitative estimate of drug-likeness (QED) is 0.132. The number of rotatable bonds is 10. The molecule has 14 heteroatoms. The molecule has 0 radical (unpaired) electrons. The molecule has 2 aromatic carbocycles. The van der Waals surface area contributed by atoms with E-state index in [1.54, 1.807) is 12.1 Å². The van der Waals surface area contributed by atoms with E-state index in [0.29, 0.717) is 6.42 Å². The van der Waals surface area contributed by atoms with Gasteiger partial charge < -0.3 is 64.9 Å². The van der Waals surface area contributed by atoms with Crippen molar-refractivity contribution >= 4 is 5.78 Å². The first-order chi connectivity index (χ1) is 20.0. The molecular formula is C28H36O14. The number of aromatic hydroxyl groups is 1. The van der Waals surface area contributed by atoms with Crippen LogP contribution in [0.4, 0.5) is 0 Å². The van der Waals surface area contributed by atoms with E-state index in [9.17, 15) is 50.8 Å². The van der Waals surface area contributed by atoms with Gasteiger partial charge in [-0.1, -0.05) is 12.1 Å². The van der Waals surface area contributed by atoms with Crippen LogP contribution in [0.25, 0.3) is 0 Å². The van der Waals surface area contributed by atoms with Crippen LogP contribution in [0.5, 0.6) is 17.2 Å². The number of aliphatic hydroxyl groups excluding tert-OH is 8. The van der Waals surface area contributed by atoms with Crippen molar-refractivity contribution in [2.45, 2.75) is 81.2 Å². The van der Waals surface area contributed by atoms with Crippen LogP contribution in [0, 0.1) is 0 Å². The highest BCUT2D eigenvalue weighted by molar-refractivity contribution is 5.99. The van der Waals surface area contributed by atoms with Crippen molar-refractivity contribution in [2.24, 2.45) is 0 Å². The van der Waals surface area contributed by atoms with Gasteiger partial charge in [-0.15, -0.1) is 0 Å². The molecule has 2 aliphatic heterocycles. The maximum atomic E-state index is 13.0. The third-order valence-electron chi connectivity index (χ3n) is 7.37. The summed E-state index contributed by atoms with van der Waals surface area (Å²) in [7, 11) is 0. The van der Waals surface area contributed by atoms with Gasteiger partial charge in [0.25, 0.3) is 0 Å². The molecular weight excluding hydrogens is 560 g/mol. The van der Waals surface area contributed by atoms with Crippen LogP contribution in [-0.2, 0) is 22.3 Å². The number of aliphatic hydroxyl groups is 8. The Morgan fingerprint density at radius 1 is 0.690 bits per heavy atom. The van der Waals surface area contributed by atoms with Crippen molar-refractivity contribution in [3.8, 4) is 17.2 Å². The molecule has 2 saturated heterocycles. The van der Waals surface area contributed by atoms with Gasteiger partial charge in [0.15, 0.2) is 5.78 Å². The second-order valence-electron chi connectivity index (χ2n) is 10.3. The average molecular weight is 597 g/mol. The number of phenols is 1. The number of carbonyl (C=O) groups excluding carboxylic acids is 1. The Balaban J connectivity index is 1.71. The maximum absolute atomic E-state index is 13.0. The van der Waals surface area contributed by atoms with E-state index in [-0.39, 0.29) is 34.8 Å². The van der Waals surface area contributed by atoms with E-state index in [1.807, 2.05) is 0 Å². The van der Waals surface area contributed by atoms with E-state index in [1.165, 1.54) is 31.2 Å². The summed E-state index contributed by atoms with van der Waals surface area (Å²) in [5, 5.41) is 90.3. The number of ketones is 1. The summed E-state index contributed by atoms with van der Waals surface area (Å²) >= 11 is 0. The van der Waals surface area contributed by atoms with Crippen molar-refractivity contribution in [1.82, 2.24) is 0 Å². The van der Waals surface area contributed by atoms with Crippen molar-refractivity contribution in [3.63, 3.8) is 0 Å². The summed E-state index contributed by atoms with van der Waals surface area (Å²) in [5.74, 6) is -0.502. The van der Waals surface area contributed by atoms with E-state index >= 15 is 0 Å². The second kappa shape index (κ2) is 13.6. The molecule has 0 aromatic heterocycles. The van der Waals surface area contributed by atoms with Crippen LogP contribution in [0.1, 0.15) is 28.4 Å². The molecule has 0 amide bonds. The Hall–Kier alpha value is -2.89. The van der Waals surface area contributed by atoms with Gasteiger partial charge in [-0.25, -0.2) is 0 Å². The number of Topliss-reactive ketones (excluding diaryl/α,β-unsaturated/α-hetero) is 1. The number of phenolic OH excluding ortho intramolecular Hbond substituents is 1. The van der Waals surface area contributed by atoms with Crippen LogP contribution in [0.3, 0.4) is 0 Å². The zero-order valence-electron chi connectivity index (χ0n) is 22.6. The number of benzene rings is 2. The summed E-state index contributed by atoms with van der Waals surface area (Å²) < 4.78 is 22.6. The third-order valence-corrected chi connectivity index (χ3v) is 7.37. The third kappa shape index (κ3) is 6.68. The van der Waals surface area contributed by atoms with Gasteiger partial charge in [-0.2, -0.15) is 0 Å². The highest BCUT2D eigenvalue weighted by Crippen LogP contribution is 2.36. The summed E-state index contributed by atoms with van der Waals surface area (Å²) in [6, 6.07) is 9.02. The predicted molar refractivity (Wildman–Crippen MR) is 141 cm³/mol. The fraction of sp³-hybridized carbons (Fsp3) is 0.536. The fourth-order valence-electron chi connectivity index (χ4n) is 4.96. The van der Waals surface area contributed by atoms with E-state index in [0.717, 1.165) is 5.56 Å². The number of carbonyl (C=O) groups is 1. The first kappa shape index (κ1) is 32.0. The molecule has 0 unspecified atom stereocenters. The largest absolute Gasteiger partial charge is 0.508 e. The normalized spacial score (nSPS) is 33.3. The van der Waals surface area contributed by atoms with Gasteiger partial charge in [0.1, 0.15) is 66.1 Å². The van der Waals surface area contributed by atoms with Crippen LogP contribution in [-0.4, -0.2) is 126 Å². The lowest BCUT2D eigenvalue weighted by molar-refractivity contribution is -0.278.